The van der Waals surface area contributed by atoms with Crippen LogP contribution >= 0.6 is 23.1 Å². The molecule has 4 heterocycles. The van der Waals surface area contributed by atoms with E-state index < -0.39 is 70.0 Å². The molecule has 14 nitrogen and oxygen atoms in total. The topological polar surface area (TPSA) is 186 Å². The number of carbonyl (C=O) groups is 7. The molecule has 2 saturated heterocycles. The second-order valence-corrected chi connectivity index (χ2v) is 11.5. The number of aliphatic carboxylic acids is 1. The van der Waals surface area contributed by atoms with Crippen LogP contribution in [0.4, 0.5) is 4.79 Å². The van der Waals surface area contributed by atoms with Gasteiger partial charge in [0.15, 0.2) is 0 Å². The average molecular weight is 616 g/mol. The molecule has 214 valence electrons. The number of carboxylic acids is 1. The van der Waals surface area contributed by atoms with Gasteiger partial charge >= 0.3 is 53.4 Å². The van der Waals surface area contributed by atoms with Gasteiger partial charge in [-0.15, -0.1) is 23.1 Å². The molecule has 1 aromatic heterocycles. The molecule has 2 fully saturated rings. The summed E-state index contributed by atoms with van der Waals surface area (Å²) in [5.41, 5.74) is -0.216. The Labute approximate surface area is 265 Å². The van der Waals surface area contributed by atoms with Gasteiger partial charge in [-0.2, -0.15) is 0 Å². The number of piperazine rings is 1. The van der Waals surface area contributed by atoms with Crippen LogP contribution in [0, 0.1) is 0 Å². The van der Waals surface area contributed by atoms with Crippen LogP contribution < -0.4 is 45.3 Å². The van der Waals surface area contributed by atoms with Crippen LogP contribution in [0.1, 0.15) is 31.7 Å². The summed E-state index contributed by atoms with van der Waals surface area (Å²) in [5.74, 6) is -5.57. The molecule has 41 heavy (non-hydrogen) atoms. The van der Waals surface area contributed by atoms with E-state index in [4.69, 9.17) is 4.74 Å². The maximum absolute atomic E-state index is 13.4. The fourth-order valence-electron chi connectivity index (χ4n) is 4.54. The molecule has 4 rings (SSSR count). The number of imide groups is 1. The average Bonchev–Trinajstić information content (AvgIpc) is 3.44. The molecule has 1 aromatic rings. The van der Waals surface area contributed by atoms with Crippen molar-refractivity contribution < 1.29 is 73.0 Å². The molecule has 3 aliphatic rings. The molecule has 0 aromatic carbocycles. The van der Waals surface area contributed by atoms with Gasteiger partial charge in [-0.1, -0.05) is 6.07 Å². The molecule has 0 saturated carbocycles. The zero-order chi connectivity index (χ0) is 29.3. The molecule has 17 heteroatoms. The third-order valence-corrected chi connectivity index (χ3v) is 9.03. The predicted octanol–water partition coefficient (Wildman–Crippen LogP) is -4.45. The van der Waals surface area contributed by atoms with Crippen LogP contribution in [0.2, 0.25) is 0 Å². The number of ether oxygens (including phenoxy) is 1. The van der Waals surface area contributed by atoms with Gasteiger partial charge in [-0.25, -0.2) is 4.79 Å². The minimum Gasteiger partial charge on any atom is -0.543 e. The van der Waals surface area contributed by atoms with E-state index in [2.05, 4.69) is 10.6 Å². The number of urea groups is 1. The van der Waals surface area contributed by atoms with Crippen molar-refractivity contribution in [3.8, 4) is 0 Å². The number of rotatable bonds is 8. The number of likely N-dealkylation sites (N-methyl/N-ethyl adjacent to an activating group) is 1. The Bertz CT molecular complexity index is 1300. The molecule has 2 unspecified atom stereocenters. The fourth-order valence-corrected chi connectivity index (χ4v) is 6.74. The summed E-state index contributed by atoms with van der Waals surface area (Å²) < 4.78 is 4.95. The molecule has 0 aliphatic carbocycles. The minimum atomic E-state index is -1.62. The third kappa shape index (κ3) is 6.45. The minimum absolute atomic E-state index is 0. The van der Waals surface area contributed by atoms with Crippen LogP contribution in [-0.2, 0) is 33.5 Å². The molecule has 4 atom stereocenters. The van der Waals surface area contributed by atoms with Crippen molar-refractivity contribution >= 4 is 64.7 Å². The van der Waals surface area contributed by atoms with Crippen molar-refractivity contribution in [2.75, 3.05) is 26.2 Å². The Morgan fingerprint density at radius 2 is 1.88 bits per heavy atom. The first kappa shape index (κ1) is 32.6. The Balaban J connectivity index is 0.00000462. The Hall–Kier alpha value is -2.92. The number of carboxylic acid groups (broad SMARTS) is 1. The van der Waals surface area contributed by atoms with Crippen molar-refractivity contribution in [1.82, 2.24) is 25.3 Å². The van der Waals surface area contributed by atoms with E-state index in [0.717, 1.165) is 21.1 Å². The molecular formula is C24H26N5NaO9S2. The van der Waals surface area contributed by atoms with Crippen LogP contribution in [0.3, 0.4) is 0 Å². The van der Waals surface area contributed by atoms with Gasteiger partial charge in [0.1, 0.15) is 24.1 Å². The van der Waals surface area contributed by atoms with Crippen molar-refractivity contribution in [2.45, 2.75) is 43.5 Å². The predicted molar refractivity (Wildman–Crippen MR) is 138 cm³/mol. The summed E-state index contributed by atoms with van der Waals surface area (Å²) in [6, 6.07) is -0.134. The van der Waals surface area contributed by atoms with E-state index in [0.29, 0.717) is 11.4 Å². The Morgan fingerprint density at radius 3 is 2.46 bits per heavy atom. The monoisotopic (exact) mass is 615 g/mol. The summed E-state index contributed by atoms with van der Waals surface area (Å²) in [5, 5.41) is 17.4. The summed E-state index contributed by atoms with van der Waals surface area (Å²) in [7, 11) is 0. The first-order valence-corrected chi connectivity index (χ1v) is 14.1. The molecule has 0 bridgehead atoms. The zero-order valence-electron chi connectivity index (χ0n) is 22.7. The van der Waals surface area contributed by atoms with Gasteiger partial charge < -0.3 is 30.2 Å². The Morgan fingerprint density at radius 1 is 1.17 bits per heavy atom. The van der Waals surface area contributed by atoms with Crippen molar-refractivity contribution in [1.29, 1.82) is 0 Å². The van der Waals surface area contributed by atoms with Crippen molar-refractivity contribution in [2.24, 2.45) is 0 Å². The number of amides is 6. The zero-order valence-corrected chi connectivity index (χ0v) is 26.3. The van der Waals surface area contributed by atoms with Crippen LogP contribution in [0.5, 0.6) is 0 Å². The number of carbonyl (C=O) groups excluding carboxylic acids is 7. The number of fused-ring (bicyclic) bond motifs is 1. The van der Waals surface area contributed by atoms with E-state index in [9.17, 15) is 38.7 Å². The van der Waals surface area contributed by atoms with Gasteiger partial charge in [0.25, 0.3) is 5.91 Å². The number of β-lactam (4-membered cyclic amide) rings is 1. The largest absolute Gasteiger partial charge is 1.00 e. The van der Waals surface area contributed by atoms with E-state index in [1.165, 1.54) is 23.6 Å². The maximum Gasteiger partial charge on any atom is 1.00 e. The van der Waals surface area contributed by atoms with Crippen molar-refractivity contribution in [3.63, 3.8) is 0 Å². The van der Waals surface area contributed by atoms with E-state index >= 15 is 0 Å². The SMILES string of the molecule is CCN1CCN(C(=O)NC(C(=O)NC2C(=O)N3C(C(=O)[O-])=C(COC(C)=O)[C@H](C)S[C@@H]23)c2cccs2)C(=O)C1=O.[Na+]. The summed E-state index contributed by atoms with van der Waals surface area (Å²) in [6.07, 6.45) is 0. The van der Waals surface area contributed by atoms with Gasteiger partial charge in [-0.05, 0) is 25.3 Å². The second-order valence-electron chi connectivity index (χ2n) is 9.04. The number of thioether (sulfide) groups is 1. The molecule has 2 N–H and O–H groups in total. The van der Waals surface area contributed by atoms with E-state index in [-0.39, 0.29) is 54.8 Å². The summed E-state index contributed by atoms with van der Waals surface area (Å²) in [4.78, 5) is 90.7. The van der Waals surface area contributed by atoms with Gasteiger partial charge in [0, 0.05) is 42.3 Å². The number of esters is 1. The first-order valence-electron chi connectivity index (χ1n) is 12.3. The van der Waals surface area contributed by atoms with Crippen LogP contribution in [0.15, 0.2) is 28.8 Å². The second kappa shape index (κ2) is 13.4. The first-order chi connectivity index (χ1) is 19.0. The number of nitrogens with zero attached hydrogens (tertiary/aromatic N) is 3. The number of nitrogens with one attached hydrogen (secondary N) is 2. The molecular weight excluding hydrogens is 589 g/mol. The van der Waals surface area contributed by atoms with Crippen LogP contribution in [-0.4, -0.2) is 99.2 Å². The normalized spacial score (nSPS) is 22.8. The Kier molecular flexibility index (Phi) is 10.6. The van der Waals surface area contributed by atoms with Gasteiger partial charge in [0.05, 0.1) is 11.7 Å². The molecule has 0 spiro atoms. The van der Waals surface area contributed by atoms with E-state index in [1.807, 2.05) is 0 Å². The van der Waals surface area contributed by atoms with Crippen LogP contribution in [0.25, 0.3) is 0 Å². The smallest absolute Gasteiger partial charge is 0.543 e. The van der Waals surface area contributed by atoms with Gasteiger partial charge in [0.2, 0.25) is 5.91 Å². The molecule has 0 radical (unpaired) electrons. The fraction of sp³-hybridized carbons (Fsp3) is 0.458. The van der Waals surface area contributed by atoms with Crippen molar-refractivity contribution in [3.05, 3.63) is 33.7 Å². The van der Waals surface area contributed by atoms with Gasteiger partial charge in [-0.3, -0.25) is 33.8 Å². The number of hydrogen-bond donors (Lipinski definition) is 2. The number of hydrogen-bond acceptors (Lipinski definition) is 11. The maximum atomic E-state index is 13.4. The summed E-state index contributed by atoms with van der Waals surface area (Å²) in [6.45, 7) is 4.64. The number of thiophene rings is 1. The van der Waals surface area contributed by atoms with E-state index in [1.54, 1.807) is 31.4 Å². The summed E-state index contributed by atoms with van der Waals surface area (Å²) >= 11 is 2.34. The standard InChI is InChI=1S/C24H27N5O9S2.Na/c1-4-27-7-8-28(21(34)20(27)33)24(37)26-15(14-6-5-9-39-14)18(31)25-16-19(32)29-17(23(35)36)13(10-38-12(3)30)11(2)40-22(16)29;/h5-6,9,11,15-16,22H,4,7-8,10H2,1-3H3,(H,25,31)(H,26,37)(H,35,36);/q;+1/p-1/t11-,15?,16?,22-;/m0./s1. The third-order valence-electron chi connectivity index (χ3n) is 6.64. The molecule has 6 amide bonds. The molecule has 3 aliphatic heterocycles. The quantitative estimate of drug-likeness (QED) is 0.125.